The fourth-order valence-corrected chi connectivity index (χ4v) is 0.746. The second kappa shape index (κ2) is 2.81. The zero-order valence-electron chi connectivity index (χ0n) is 7.53. The summed E-state index contributed by atoms with van der Waals surface area (Å²) in [5.74, 6) is -3.22. The fraction of sp³-hybridized carbons (Fsp3) is 0.333. The van der Waals surface area contributed by atoms with Gasteiger partial charge in [0.25, 0.3) is 5.92 Å². The highest BCUT2D eigenvalue weighted by Gasteiger charge is 2.26. The molecule has 0 aliphatic heterocycles. The van der Waals surface area contributed by atoms with E-state index in [0.717, 1.165) is 0 Å². The Balaban J connectivity index is 3.37. The third kappa shape index (κ3) is 2.18. The van der Waals surface area contributed by atoms with Crippen LogP contribution in [0.25, 0.3) is 0 Å². The number of hydrogen-bond acceptors (Lipinski definition) is 2. The first-order valence-electron chi connectivity index (χ1n) is 3.71. The van der Waals surface area contributed by atoms with E-state index >= 15 is 0 Å². The molecule has 0 saturated heterocycles. The van der Waals surface area contributed by atoms with Crippen molar-refractivity contribution in [2.75, 3.05) is 0 Å². The molecule has 0 amide bonds. The lowest BCUT2D eigenvalue weighted by molar-refractivity contribution is 0.0124. The summed E-state index contributed by atoms with van der Waals surface area (Å²) in [6, 6.07) is -0.643. The van der Waals surface area contributed by atoms with Crippen LogP contribution in [0.1, 0.15) is 15.4 Å². The summed E-state index contributed by atoms with van der Waals surface area (Å²) >= 11 is 2.78. The molecule has 2 nitrogen and oxygen atoms in total. The molecule has 0 N–H and O–H groups in total. The Bertz CT molecular complexity index is 340. The normalized spacial score (nSPS) is 14.2. The van der Waals surface area contributed by atoms with Gasteiger partial charge in [0.15, 0.2) is 4.73 Å². The average Bonchev–Trinajstić information content (AvgIpc) is 1.94. The van der Waals surface area contributed by atoms with E-state index in [-0.39, 0.29) is 4.73 Å². The first kappa shape index (κ1) is 5.99. The van der Waals surface area contributed by atoms with Gasteiger partial charge in [0.2, 0.25) is 0 Å². The van der Waals surface area contributed by atoms with E-state index in [9.17, 15) is 8.78 Å². The van der Waals surface area contributed by atoms with E-state index in [1.807, 2.05) is 0 Å². The molecule has 0 spiro atoms. The van der Waals surface area contributed by atoms with Crippen molar-refractivity contribution in [1.82, 2.24) is 9.97 Å². The van der Waals surface area contributed by atoms with Crippen LogP contribution in [0.15, 0.2) is 16.9 Å². The van der Waals surface area contributed by atoms with Gasteiger partial charge in [-0.2, -0.15) is 8.78 Å². The lowest BCUT2D eigenvalue weighted by atomic mass is 10.3. The molecular formula is C6H5BrF2N2. The van der Waals surface area contributed by atoms with Gasteiger partial charge in [-0.25, -0.2) is 9.97 Å². The topological polar surface area (TPSA) is 25.8 Å². The van der Waals surface area contributed by atoms with Crippen molar-refractivity contribution in [2.24, 2.45) is 0 Å². The minimum absolute atomic E-state index is 0.106. The Labute approximate surface area is 73.6 Å². The van der Waals surface area contributed by atoms with E-state index in [0.29, 0.717) is 6.92 Å². The molecule has 0 aliphatic rings. The molecule has 5 heteroatoms. The number of halogens is 3. The number of alkyl halides is 2. The molecule has 0 atom stereocenters. The first-order valence-corrected chi connectivity index (χ1v) is 3.50. The van der Waals surface area contributed by atoms with Crippen molar-refractivity contribution in [1.29, 1.82) is 0 Å². The van der Waals surface area contributed by atoms with E-state index in [1.54, 1.807) is 0 Å². The first-order chi connectivity index (χ1) is 5.82. The number of aromatic nitrogens is 2. The third-order valence-electron chi connectivity index (χ3n) is 0.942. The summed E-state index contributed by atoms with van der Waals surface area (Å²) < 4.78 is 39.6. The van der Waals surface area contributed by atoms with E-state index < -0.39 is 23.8 Å². The van der Waals surface area contributed by atoms with Crippen LogP contribution < -0.4 is 0 Å². The van der Waals surface area contributed by atoms with Crippen LogP contribution in [0.3, 0.4) is 0 Å². The SMILES string of the molecule is [2H]c1nc(Br)nc(C(C)(F)F)c1[2H]. The molecule has 0 fully saturated rings. The maximum absolute atomic E-state index is 12.8. The second-order valence-electron chi connectivity index (χ2n) is 1.97. The number of nitrogens with zero attached hydrogens (tertiary/aromatic N) is 2. The highest BCUT2D eigenvalue weighted by atomic mass is 79.9. The van der Waals surface area contributed by atoms with Crippen LogP contribution in [-0.4, -0.2) is 9.97 Å². The molecule has 1 aromatic rings. The predicted molar refractivity (Wildman–Crippen MR) is 39.3 cm³/mol. The van der Waals surface area contributed by atoms with E-state index in [2.05, 4.69) is 25.9 Å². The van der Waals surface area contributed by atoms with E-state index in [4.69, 9.17) is 2.74 Å². The van der Waals surface area contributed by atoms with Crippen LogP contribution in [0.4, 0.5) is 8.78 Å². The molecule has 1 rings (SSSR count). The second-order valence-corrected chi connectivity index (χ2v) is 2.68. The van der Waals surface area contributed by atoms with Crippen LogP contribution in [0, 0.1) is 0 Å². The molecule has 1 heterocycles. The number of rotatable bonds is 1. The van der Waals surface area contributed by atoms with Crippen LogP contribution in [0.5, 0.6) is 0 Å². The molecule has 0 aliphatic carbocycles. The Morgan fingerprint density at radius 2 is 2.36 bits per heavy atom. The maximum atomic E-state index is 12.8. The largest absolute Gasteiger partial charge is 0.287 e. The minimum Gasteiger partial charge on any atom is -0.231 e. The van der Waals surface area contributed by atoms with Gasteiger partial charge in [-0.3, -0.25) is 0 Å². The monoisotopic (exact) mass is 224 g/mol. The van der Waals surface area contributed by atoms with Gasteiger partial charge in [-0.1, -0.05) is 0 Å². The molecule has 0 aromatic carbocycles. The fourth-order valence-electron chi connectivity index (χ4n) is 0.480. The summed E-state index contributed by atoms with van der Waals surface area (Å²) in [6.45, 7) is 0.624. The summed E-state index contributed by atoms with van der Waals surface area (Å²) in [5.41, 5.74) is -0.737. The van der Waals surface area contributed by atoms with Crippen LogP contribution in [-0.2, 0) is 5.92 Å². The van der Waals surface area contributed by atoms with Gasteiger partial charge in [-0.15, -0.1) is 0 Å². The highest BCUT2D eigenvalue weighted by Crippen LogP contribution is 2.24. The van der Waals surface area contributed by atoms with Crippen molar-refractivity contribution in [3.63, 3.8) is 0 Å². The third-order valence-corrected chi connectivity index (χ3v) is 1.30. The molecule has 0 saturated carbocycles. The van der Waals surface area contributed by atoms with Crippen molar-refractivity contribution in [3.8, 4) is 0 Å². The molecule has 1 aromatic heterocycles. The minimum atomic E-state index is -3.22. The summed E-state index contributed by atoms with van der Waals surface area (Å²) in [5, 5.41) is 0. The van der Waals surface area contributed by atoms with Gasteiger partial charge in [-0.05, 0) is 22.0 Å². The van der Waals surface area contributed by atoms with Crippen molar-refractivity contribution < 1.29 is 11.5 Å². The lowest BCUT2D eigenvalue weighted by Crippen LogP contribution is -2.09. The summed E-state index contributed by atoms with van der Waals surface area (Å²) in [4.78, 5) is 6.75. The molecule has 0 bridgehead atoms. The van der Waals surface area contributed by atoms with Gasteiger partial charge < -0.3 is 0 Å². The van der Waals surface area contributed by atoms with Gasteiger partial charge in [0, 0.05) is 13.1 Å². The Morgan fingerprint density at radius 1 is 1.73 bits per heavy atom. The molecule has 60 valence electrons. The average molecular weight is 225 g/mol. The van der Waals surface area contributed by atoms with E-state index in [1.165, 1.54) is 0 Å². The van der Waals surface area contributed by atoms with Crippen molar-refractivity contribution >= 4 is 15.9 Å². The van der Waals surface area contributed by atoms with Crippen molar-refractivity contribution in [3.05, 3.63) is 22.6 Å². The van der Waals surface area contributed by atoms with Crippen molar-refractivity contribution in [2.45, 2.75) is 12.8 Å². The smallest absolute Gasteiger partial charge is 0.231 e. The lowest BCUT2D eigenvalue weighted by Gasteiger charge is -2.07. The molecule has 11 heavy (non-hydrogen) atoms. The van der Waals surface area contributed by atoms with Gasteiger partial charge in [0.05, 0.1) is 2.74 Å². The highest BCUT2D eigenvalue weighted by molar-refractivity contribution is 9.10. The number of hydrogen-bond donors (Lipinski definition) is 0. The summed E-state index contributed by atoms with van der Waals surface area (Å²) in [7, 11) is 0. The molecule has 0 unspecified atom stereocenters. The van der Waals surface area contributed by atoms with Gasteiger partial charge >= 0.3 is 0 Å². The maximum Gasteiger partial charge on any atom is 0.287 e. The Kier molecular flexibility index (Phi) is 1.53. The van der Waals surface area contributed by atoms with Crippen LogP contribution >= 0.6 is 15.9 Å². The molecule has 0 radical (unpaired) electrons. The Hall–Kier alpha value is -0.580. The summed E-state index contributed by atoms with van der Waals surface area (Å²) in [6.07, 6.45) is -0.515. The Morgan fingerprint density at radius 3 is 2.91 bits per heavy atom. The van der Waals surface area contributed by atoms with Crippen LogP contribution in [0.2, 0.25) is 0 Å². The van der Waals surface area contributed by atoms with Gasteiger partial charge in [0.1, 0.15) is 5.69 Å². The predicted octanol–water partition coefficient (Wildman–Crippen LogP) is 2.35. The molecular weight excluding hydrogens is 218 g/mol. The quantitative estimate of drug-likeness (QED) is 0.685. The zero-order chi connectivity index (χ0) is 10.2. The standard InChI is InChI=1S/C6H5BrF2N2/c1-6(8,9)4-2-3-10-5(7)11-4/h2-3H,1H3/i2D,3D. The zero-order valence-corrected chi connectivity index (χ0v) is 7.11.